The van der Waals surface area contributed by atoms with Crippen LogP contribution in [0.25, 0.3) is 10.8 Å². The van der Waals surface area contributed by atoms with Gasteiger partial charge in [0.2, 0.25) is 0 Å². The van der Waals surface area contributed by atoms with Crippen LogP contribution in [-0.2, 0) is 0 Å². The number of amides is 1. The fourth-order valence-corrected chi connectivity index (χ4v) is 4.23. The van der Waals surface area contributed by atoms with Crippen molar-refractivity contribution >= 4 is 62.9 Å². The highest BCUT2D eigenvalue weighted by atomic mass is 35.5. The molecule has 0 atom stereocenters. The Morgan fingerprint density at radius 2 is 1.65 bits per heavy atom. The minimum absolute atomic E-state index is 0.0178. The average Bonchev–Trinajstić information content (AvgIpc) is 2.82. The maximum absolute atomic E-state index is 13.9. The van der Waals surface area contributed by atoms with Gasteiger partial charge in [0.1, 0.15) is 17.3 Å². The molecule has 1 amide bonds. The SMILES string of the molecule is Cc1cc(NC(=S)NC(=O)c2ccccc2F)c(C)c(Cl)c1Oc1ccc(Cl)c2ccccc12. The van der Waals surface area contributed by atoms with Crippen molar-refractivity contribution < 1.29 is 13.9 Å². The number of ether oxygens (including phenoxy) is 1. The Morgan fingerprint density at radius 3 is 2.38 bits per heavy atom. The molecule has 0 unspecified atom stereocenters. The Kier molecular flexibility index (Phi) is 7.03. The van der Waals surface area contributed by atoms with Gasteiger partial charge in [-0.1, -0.05) is 59.6 Å². The van der Waals surface area contributed by atoms with E-state index in [4.69, 9.17) is 40.2 Å². The highest BCUT2D eigenvalue weighted by Gasteiger charge is 2.18. The zero-order chi connectivity index (χ0) is 24.4. The molecule has 0 saturated carbocycles. The van der Waals surface area contributed by atoms with Crippen LogP contribution >= 0.6 is 35.4 Å². The Labute approximate surface area is 211 Å². The summed E-state index contributed by atoms with van der Waals surface area (Å²) in [4.78, 5) is 12.3. The first-order chi connectivity index (χ1) is 16.3. The van der Waals surface area contributed by atoms with Crippen LogP contribution in [-0.4, -0.2) is 11.0 Å². The second-order valence-electron chi connectivity index (χ2n) is 7.59. The molecule has 0 bridgehead atoms. The van der Waals surface area contributed by atoms with Gasteiger partial charge in [-0.3, -0.25) is 10.1 Å². The first-order valence-corrected chi connectivity index (χ1v) is 11.4. The van der Waals surface area contributed by atoms with E-state index >= 15 is 0 Å². The third kappa shape index (κ3) is 4.85. The molecule has 2 N–H and O–H groups in total. The van der Waals surface area contributed by atoms with Gasteiger partial charge in [-0.15, -0.1) is 0 Å². The summed E-state index contributed by atoms with van der Waals surface area (Å²) < 4.78 is 20.1. The van der Waals surface area contributed by atoms with E-state index in [2.05, 4.69) is 10.6 Å². The van der Waals surface area contributed by atoms with Gasteiger partial charge in [0, 0.05) is 21.5 Å². The van der Waals surface area contributed by atoms with E-state index in [0.717, 1.165) is 16.3 Å². The number of rotatable bonds is 4. The highest BCUT2D eigenvalue weighted by Crippen LogP contribution is 2.41. The summed E-state index contributed by atoms with van der Waals surface area (Å²) in [5.41, 5.74) is 1.91. The standard InChI is InChI=1S/C26H19Cl2FN2O2S/c1-14-13-21(30-26(34)31-25(32)18-9-5-6-10-20(18)29)15(2)23(28)24(14)33-22-12-11-19(27)16-7-3-4-8-17(16)22/h3-13H,1-2H3,(H2,30,31,32,34). The van der Waals surface area contributed by atoms with Crippen molar-refractivity contribution in [3.8, 4) is 11.5 Å². The Balaban J connectivity index is 1.57. The zero-order valence-corrected chi connectivity index (χ0v) is 20.5. The summed E-state index contributed by atoms with van der Waals surface area (Å²) in [5.74, 6) is -0.156. The lowest BCUT2D eigenvalue weighted by molar-refractivity contribution is 0.0974. The molecule has 0 fully saturated rings. The molecule has 172 valence electrons. The molecule has 4 rings (SSSR count). The van der Waals surface area contributed by atoms with Gasteiger partial charge in [-0.05, 0) is 67.5 Å². The van der Waals surface area contributed by atoms with Crippen LogP contribution in [0.1, 0.15) is 21.5 Å². The summed E-state index contributed by atoms with van der Waals surface area (Å²) in [6, 6.07) is 18.7. The van der Waals surface area contributed by atoms with Gasteiger partial charge in [-0.25, -0.2) is 4.39 Å². The topological polar surface area (TPSA) is 50.4 Å². The second-order valence-corrected chi connectivity index (χ2v) is 8.78. The van der Waals surface area contributed by atoms with Gasteiger partial charge >= 0.3 is 0 Å². The van der Waals surface area contributed by atoms with Crippen LogP contribution < -0.4 is 15.4 Å². The summed E-state index contributed by atoms with van der Waals surface area (Å²) >= 11 is 18.2. The van der Waals surface area contributed by atoms with E-state index in [1.165, 1.54) is 18.2 Å². The third-order valence-electron chi connectivity index (χ3n) is 5.29. The minimum Gasteiger partial charge on any atom is -0.455 e. The molecule has 4 aromatic rings. The lowest BCUT2D eigenvalue weighted by Gasteiger charge is -2.18. The lowest BCUT2D eigenvalue weighted by Crippen LogP contribution is -2.34. The molecule has 0 aliphatic carbocycles. The fourth-order valence-electron chi connectivity index (χ4n) is 3.51. The number of carbonyl (C=O) groups is 1. The summed E-state index contributed by atoms with van der Waals surface area (Å²) in [6.07, 6.45) is 0. The number of nitrogens with one attached hydrogen (secondary N) is 2. The van der Waals surface area contributed by atoms with E-state index in [1.807, 2.05) is 37.3 Å². The van der Waals surface area contributed by atoms with Gasteiger partial charge < -0.3 is 10.1 Å². The van der Waals surface area contributed by atoms with Gasteiger partial charge in [0.25, 0.3) is 5.91 Å². The van der Waals surface area contributed by atoms with Crippen LogP contribution in [0.15, 0.2) is 66.7 Å². The number of halogens is 3. The maximum Gasteiger partial charge on any atom is 0.260 e. The van der Waals surface area contributed by atoms with E-state index in [-0.39, 0.29) is 10.7 Å². The maximum atomic E-state index is 13.9. The first-order valence-electron chi connectivity index (χ1n) is 10.3. The number of thiocarbonyl (C=S) groups is 1. The van der Waals surface area contributed by atoms with E-state index in [1.54, 1.807) is 25.1 Å². The molecule has 0 radical (unpaired) electrons. The number of hydrogen-bond acceptors (Lipinski definition) is 3. The van der Waals surface area contributed by atoms with Crippen LogP contribution in [0.2, 0.25) is 10.0 Å². The number of hydrogen-bond donors (Lipinski definition) is 2. The largest absolute Gasteiger partial charge is 0.455 e. The number of benzene rings is 4. The summed E-state index contributed by atoms with van der Waals surface area (Å²) in [7, 11) is 0. The predicted molar refractivity (Wildman–Crippen MR) is 140 cm³/mol. The molecule has 0 heterocycles. The van der Waals surface area contributed by atoms with Crippen molar-refractivity contribution in [2.24, 2.45) is 0 Å². The monoisotopic (exact) mass is 512 g/mol. The number of aryl methyl sites for hydroxylation is 1. The van der Waals surface area contributed by atoms with Crippen LogP contribution in [0.3, 0.4) is 0 Å². The van der Waals surface area contributed by atoms with E-state index in [9.17, 15) is 9.18 Å². The van der Waals surface area contributed by atoms with Crippen LogP contribution in [0, 0.1) is 19.7 Å². The van der Waals surface area contributed by atoms with Gasteiger partial charge in [0.05, 0.1) is 10.6 Å². The second kappa shape index (κ2) is 9.97. The number of fused-ring (bicyclic) bond motifs is 1. The lowest BCUT2D eigenvalue weighted by atomic mass is 10.1. The van der Waals surface area contributed by atoms with Gasteiger partial charge in [-0.2, -0.15) is 0 Å². The first kappa shape index (κ1) is 24.0. The Bertz CT molecular complexity index is 1440. The molecular weight excluding hydrogens is 494 g/mol. The van der Waals surface area contributed by atoms with Gasteiger partial charge in [0.15, 0.2) is 5.11 Å². The molecule has 0 aromatic heterocycles. The van der Waals surface area contributed by atoms with Crippen molar-refractivity contribution in [3.63, 3.8) is 0 Å². The summed E-state index contributed by atoms with van der Waals surface area (Å²) in [5, 5.41) is 8.23. The molecular formula is C26H19Cl2FN2O2S. The molecule has 0 aliphatic rings. The van der Waals surface area contributed by atoms with E-state index < -0.39 is 11.7 Å². The van der Waals surface area contributed by atoms with Crippen molar-refractivity contribution in [2.75, 3.05) is 5.32 Å². The molecule has 8 heteroatoms. The quantitative estimate of drug-likeness (QED) is 0.273. The molecule has 4 aromatic carbocycles. The molecule has 0 saturated heterocycles. The third-order valence-corrected chi connectivity index (χ3v) is 6.28. The van der Waals surface area contributed by atoms with E-state index in [0.29, 0.717) is 32.8 Å². The Hall–Kier alpha value is -3.19. The van der Waals surface area contributed by atoms with Crippen molar-refractivity contribution in [1.82, 2.24) is 5.32 Å². The van der Waals surface area contributed by atoms with Crippen molar-refractivity contribution in [2.45, 2.75) is 13.8 Å². The zero-order valence-electron chi connectivity index (χ0n) is 18.2. The van der Waals surface area contributed by atoms with Crippen LogP contribution in [0.5, 0.6) is 11.5 Å². The van der Waals surface area contributed by atoms with Crippen LogP contribution in [0.4, 0.5) is 10.1 Å². The molecule has 0 spiro atoms. The van der Waals surface area contributed by atoms with Crippen molar-refractivity contribution in [1.29, 1.82) is 0 Å². The molecule has 0 aliphatic heterocycles. The number of carbonyl (C=O) groups excluding carboxylic acids is 1. The molecule has 34 heavy (non-hydrogen) atoms. The normalized spacial score (nSPS) is 10.7. The average molecular weight is 513 g/mol. The smallest absolute Gasteiger partial charge is 0.260 e. The highest BCUT2D eigenvalue weighted by molar-refractivity contribution is 7.80. The molecule has 4 nitrogen and oxygen atoms in total. The Morgan fingerprint density at radius 1 is 0.971 bits per heavy atom. The van der Waals surface area contributed by atoms with Crippen molar-refractivity contribution in [3.05, 3.63) is 99.3 Å². The number of anilines is 1. The predicted octanol–water partition coefficient (Wildman–Crippen LogP) is 7.82. The minimum atomic E-state index is -0.648. The summed E-state index contributed by atoms with van der Waals surface area (Å²) in [6.45, 7) is 3.66. The fraction of sp³-hybridized carbons (Fsp3) is 0.0769.